The normalized spacial score (nSPS) is 21.0. The molecule has 128 valence electrons. The van der Waals surface area contributed by atoms with E-state index < -0.39 is 6.04 Å². The Hall–Kier alpha value is -1.05. The molecule has 2 rings (SSSR count). The topological polar surface area (TPSA) is 87.9 Å². The van der Waals surface area contributed by atoms with Gasteiger partial charge in [-0.25, -0.2) is 4.79 Å². The van der Waals surface area contributed by atoms with Gasteiger partial charge in [-0.2, -0.15) is 0 Å². The van der Waals surface area contributed by atoms with E-state index in [1.165, 1.54) is 0 Å². The van der Waals surface area contributed by atoms with Crippen LogP contribution in [0.2, 0.25) is 0 Å². The SMILES string of the molecule is CCNC(=O)N1CCN(C(=O)C(N)C2CCOCC2)CC1.Cl. The number of amides is 3. The lowest BCUT2D eigenvalue weighted by Crippen LogP contribution is -2.57. The third-order valence-electron chi connectivity index (χ3n) is 4.27. The zero-order valence-corrected chi connectivity index (χ0v) is 13.9. The molecule has 8 heteroatoms. The Labute approximate surface area is 137 Å². The molecule has 3 N–H and O–H groups in total. The number of hydrogen-bond acceptors (Lipinski definition) is 4. The van der Waals surface area contributed by atoms with Crippen LogP contribution in [0.5, 0.6) is 0 Å². The molecule has 2 aliphatic rings. The van der Waals surface area contributed by atoms with Crippen molar-refractivity contribution in [1.82, 2.24) is 15.1 Å². The number of rotatable bonds is 3. The summed E-state index contributed by atoms with van der Waals surface area (Å²) in [6.07, 6.45) is 1.71. The molecule has 0 aromatic carbocycles. The van der Waals surface area contributed by atoms with Gasteiger partial charge < -0.3 is 25.6 Å². The molecule has 2 saturated heterocycles. The minimum Gasteiger partial charge on any atom is -0.381 e. The summed E-state index contributed by atoms with van der Waals surface area (Å²) in [7, 11) is 0. The highest BCUT2D eigenvalue weighted by molar-refractivity contribution is 5.85. The Morgan fingerprint density at radius 3 is 2.27 bits per heavy atom. The van der Waals surface area contributed by atoms with Crippen molar-refractivity contribution in [2.24, 2.45) is 11.7 Å². The van der Waals surface area contributed by atoms with Gasteiger partial charge >= 0.3 is 6.03 Å². The van der Waals surface area contributed by atoms with Crippen molar-refractivity contribution in [1.29, 1.82) is 0 Å². The van der Waals surface area contributed by atoms with Gasteiger partial charge in [0.25, 0.3) is 0 Å². The molecule has 0 aromatic rings. The number of urea groups is 1. The molecular formula is C14H27ClN4O3. The largest absolute Gasteiger partial charge is 0.381 e. The summed E-state index contributed by atoms with van der Waals surface area (Å²) >= 11 is 0. The lowest BCUT2D eigenvalue weighted by molar-refractivity contribution is -0.136. The van der Waals surface area contributed by atoms with Crippen LogP contribution in [0.15, 0.2) is 0 Å². The second-order valence-corrected chi connectivity index (χ2v) is 5.62. The molecule has 2 aliphatic heterocycles. The van der Waals surface area contributed by atoms with Gasteiger partial charge in [-0.3, -0.25) is 4.79 Å². The third kappa shape index (κ3) is 4.72. The van der Waals surface area contributed by atoms with E-state index >= 15 is 0 Å². The number of nitrogens with one attached hydrogen (secondary N) is 1. The minimum atomic E-state index is -0.440. The Bertz CT molecular complexity index is 369. The molecule has 0 radical (unpaired) electrons. The maximum Gasteiger partial charge on any atom is 0.317 e. The molecule has 1 atom stereocenters. The molecule has 0 aromatic heterocycles. The van der Waals surface area contributed by atoms with Gasteiger partial charge in [0, 0.05) is 45.9 Å². The van der Waals surface area contributed by atoms with Crippen molar-refractivity contribution in [2.75, 3.05) is 45.9 Å². The van der Waals surface area contributed by atoms with Crippen LogP contribution >= 0.6 is 12.4 Å². The number of nitrogens with zero attached hydrogens (tertiary/aromatic N) is 2. The van der Waals surface area contributed by atoms with E-state index in [1.807, 2.05) is 6.92 Å². The Balaban J connectivity index is 0.00000242. The van der Waals surface area contributed by atoms with Crippen LogP contribution in [-0.4, -0.2) is 73.7 Å². The Morgan fingerprint density at radius 2 is 1.73 bits per heavy atom. The number of ether oxygens (including phenoxy) is 1. The molecule has 3 amide bonds. The van der Waals surface area contributed by atoms with E-state index in [0.29, 0.717) is 45.9 Å². The van der Waals surface area contributed by atoms with Crippen molar-refractivity contribution in [3.63, 3.8) is 0 Å². The Kier molecular flexibility index (Phi) is 7.92. The number of halogens is 1. The summed E-state index contributed by atoms with van der Waals surface area (Å²) in [5.74, 6) is 0.227. The van der Waals surface area contributed by atoms with Crippen LogP contribution < -0.4 is 11.1 Å². The molecule has 0 bridgehead atoms. The summed E-state index contributed by atoms with van der Waals surface area (Å²) in [5, 5.41) is 2.78. The zero-order chi connectivity index (χ0) is 15.2. The summed E-state index contributed by atoms with van der Waals surface area (Å²) in [4.78, 5) is 27.7. The standard InChI is InChI=1S/C14H26N4O3.ClH/c1-2-16-14(20)18-7-5-17(6-8-18)13(19)12(15)11-3-9-21-10-4-11;/h11-12H,2-10,15H2,1H3,(H,16,20);1H. The van der Waals surface area contributed by atoms with Gasteiger partial charge in [-0.05, 0) is 25.7 Å². The molecule has 22 heavy (non-hydrogen) atoms. The maximum absolute atomic E-state index is 12.4. The molecule has 0 spiro atoms. The fraction of sp³-hybridized carbons (Fsp3) is 0.857. The highest BCUT2D eigenvalue weighted by Gasteiger charge is 2.32. The third-order valence-corrected chi connectivity index (χ3v) is 4.27. The first-order chi connectivity index (χ1) is 10.1. The zero-order valence-electron chi connectivity index (χ0n) is 13.1. The first kappa shape index (κ1) is 19.0. The van der Waals surface area contributed by atoms with E-state index in [1.54, 1.807) is 9.80 Å². The van der Waals surface area contributed by atoms with Crippen molar-refractivity contribution in [3.8, 4) is 0 Å². The second-order valence-electron chi connectivity index (χ2n) is 5.62. The lowest BCUT2D eigenvalue weighted by Gasteiger charge is -2.37. The summed E-state index contributed by atoms with van der Waals surface area (Å²) in [5.41, 5.74) is 6.13. The molecule has 1 unspecified atom stereocenters. The Morgan fingerprint density at radius 1 is 1.18 bits per heavy atom. The quantitative estimate of drug-likeness (QED) is 0.762. The lowest BCUT2D eigenvalue weighted by atomic mass is 9.91. The van der Waals surface area contributed by atoms with Crippen LogP contribution in [0.25, 0.3) is 0 Å². The molecular weight excluding hydrogens is 308 g/mol. The summed E-state index contributed by atoms with van der Waals surface area (Å²) in [6.45, 7) is 6.15. The van der Waals surface area contributed by atoms with Crippen molar-refractivity contribution >= 4 is 24.3 Å². The number of hydrogen-bond donors (Lipinski definition) is 2. The van der Waals surface area contributed by atoms with Gasteiger partial charge in [0.05, 0.1) is 6.04 Å². The molecule has 2 fully saturated rings. The van der Waals surface area contributed by atoms with E-state index in [2.05, 4.69) is 5.32 Å². The highest BCUT2D eigenvalue weighted by atomic mass is 35.5. The van der Waals surface area contributed by atoms with Crippen LogP contribution in [0.1, 0.15) is 19.8 Å². The average Bonchev–Trinajstić information content (AvgIpc) is 2.54. The number of piperazine rings is 1. The first-order valence-corrected chi connectivity index (χ1v) is 7.78. The minimum absolute atomic E-state index is 0. The van der Waals surface area contributed by atoms with Gasteiger partial charge in [-0.1, -0.05) is 0 Å². The molecule has 0 aliphatic carbocycles. The second kappa shape index (κ2) is 9.17. The number of nitrogens with two attached hydrogens (primary N) is 1. The van der Waals surface area contributed by atoms with Crippen LogP contribution in [0.3, 0.4) is 0 Å². The molecule has 2 heterocycles. The fourth-order valence-electron chi connectivity index (χ4n) is 2.88. The van der Waals surface area contributed by atoms with Crippen LogP contribution in [-0.2, 0) is 9.53 Å². The van der Waals surface area contributed by atoms with Crippen molar-refractivity contribution in [3.05, 3.63) is 0 Å². The number of carbonyl (C=O) groups is 2. The monoisotopic (exact) mass is 334 g/mol. The van der Waals surface area contributed by atoms with Gasteiger partial charge in [-0.15, -0.1) is 12.4 Å². The van der Waals surface area contributed by atoms with E-state index in [0.717, 1.165) is 12.8 Å². The summed E-state index contributed by atoms with van der Waals surface area (Å²) in [6, 6.07) is -0.497. The smallest absolute Gasteiger partial charge is 0.317 e. The first-order valence-electron chi connectivity index (χ1n) is 7.78. The highest BCUT2D eigenvalue weighted by Crippen LogP contribution is 2.19. The van der Waals surface area contributed by atoms with Crippen molar-refractivity contribution < 1.29 is 14.3 Å². The van der Waals surface area contributed by atoms with E-state index in [9.17, 15) is 9.59 Å². The fourth-order valence-corrected chi connectivity index (χ4v) is 2.88. The summed E-state index contributed by atoms with van der Waals surface area (Å²) < 4.78 is 5.31. The number of carbonyl (C=O) groups excluding carboxylic acids is 2. The van der Waals surface area contributed by atoms with Gasteiger partial charge in [0.1, 0.15) is 0 Å². The molecule has 7 nitrogen and oxygen atoms in total. The van der Waals surface area contributed by atoms with Gasteiger partial charge in [0.2, 0.25) is 5.91 Å². The predicted octanol–water partition coefficient (Wildman–Crippen LogP) is 0.0358. The van der Waals surface area contributed by atoms with Crippen LogP contribution in [0.4, 0.5) is 4.79 Å². The predicted molar refractivity (Wildman–Crippen MR) is 86.0 cm³/mol. The van der Waals surface area contributed by atoms with Gasteiger partial charge in [0.15, 0.2) is 0 Å². The maximum atomic E-state index is 12.4. The molecule has 0 saturated carbocycles. The van der Waals surface area contributed by atoms with Crippen molar-refractivity contribution in [2.45, 2.75) is 25.8 Å². The van der Waals surface area contributed by atoms with E-state index in [-0.39, 0.29) is 30.3 Å². The van der Waals surface area contributed by atoms with Crippen LogP contribution in [0, 0.1) is 5.92 Å². The average molecular weight is 335 g/mol. The van der Waals surface area contributed by atoms with E-state index in [4.69, 9.17) is 10.5 Å².